The van der Waals surface area contributed by atoms with Crippen molar-refractivity contribution in [3.63, 3.8) is 0 Å². The summed E-state index contributed by atoms with van der Waals surface area (Å²) >= 11 is 3.38. The van der Waals surface area contributed by atoms with E-state index in [1.165, 1.54) is 5.56 Å². The zero-order valence-electron chi connectivity index (χ0n) is 14.4. The number of halogens is 2. The molecule has 132 valence electrons. The van der Waals surface area contributed by atoms with E-state index in [-0.39, 0.29) is 18.3 Å². The zero-order chi connectivity index (χ0) is 17.2. The molecule has 0 fully saturated rings. The fourth-order valence-corrected chi connectivity index (χ4v) is 2.86. The van der Waals surface area contributed by atoms with Gasteiger partial charge >= 0.3 is 0 Å². The van der Waals surface area contributed by atoms with Gasteiger partial charge in [-0.05, 0) is 50.5 Å². The zero-order valence-corrected chi connectivity index (χ0v) is 16.8. The molecule has 1 unspecified atom stereocenters. The third-order valence-electron chi connectivity index (χ3n) is 4.24. The number of aromatic nitrogens is 2. The van der Waals surface area contributed by atoms with Crippen molar-refractivity contribution in [3.05, 3.63) is 51.3 Å². The van der Waals surface area contributed by atoms with Crippen molar-refractivity contribution < 1.29 is 4.79 Å². The Morgan fingerprint density at radius 2 is 1.92 bits per heavy atom. The Bertz CT molecular complexity index is 710. The van der Waals surface area contributed by atoms with Gasteiger partial charge in [-0.15, -0.1) is 12.4 Å². The Hall–Kier alpha value is -1.37. The van der Waals surface area contributed by atoms with E-state index in [9.17, 15) is 4.79 Å². The highest BCUT2D eigenvalue weighted by Gasteiger charge is 2.30. The summed E-state index contributed by atoms with van der Waals surface area (Å²) in [6.07, 6.45) is 0.744. The minimum Gasteiger partial charge on any atom is -0.354 e. The highest BCUT2D eigenvalue weighted by atomic mass is 79.9. The molecule has 0 radical (unpaired) electrons. The number of hydrogen-bond acceptors (Lipinski definition) is 3. The minimum absolute atomic E-state index is 0. The van der Waals surface area contributed by atoms with Crippen LogP contribution < -0.4 is 11.1 Å². The van der Waals surface area contributed by atoms with Crippen molar-refractivity contribution in [2.24, 2.45) is 12.8 Å². The molecule has 5 nitrogen and oxygen atoms in total. The quantitative estimate of drug-likeness (QED) is 0.788. The number of hydrogen-bond donors (Lipinski definition) is 2. The van der Waals surface area contributed by atoms with Crippen LogP contribution in [-0.4, -0.2) is 22.2 Å². The summed E-state index contributed by atoms with van der Waals surface area (Å²) in [7, 11) is 1.93. The topological polar surface area (TPSA) is 72.9 Å². The predicted octanol–water partition coefficient (Wildman–Crippen LogP) is 2.75. The minimum atomic E-state index is -1.06. The van der Waals surface area contributed by atoms with E-state index in [1.54, 1.807) is 6.92 Å². The third kappa shape index (κ3) is 4.37. The van der Waals surface area contributed by atoms with Crippen LogP contribution in [0, 0.1) is 13.8 Å². The Morgan fingerprint density at radius 1 is 1.33 bits per heavy atom. The van der Waals surface area contributed by atoms with Crippen molar-refractivity contribution in [1.29, 1.82) is 0 Å². The summed E-state index contributed by atoms with van der Waals surface area (Å²) in [5.74, 6) is -0.181. The summed E-state index contributed by atoms with van der Waals surface area (Å²) < 4.78 is 2.82. The maximum absolute atomic E-state index is 12.4. The van der Waals surface area contributed by atoms with Gasteiger partial charge in [0.2, 0.25) is 5.91 Å². The molecule has 0 spiro atoms. The van der Waals surface area contributed by atoms with Crippen LogP contribution in [0.5, 0.6) is 0 Å². The van der Waals surface area contributed by atoms with Gasteiger partial charge in [-0.1, -0.05) is 28.1 Å². The van der Waals surface area contributed by atoms with E-state index < -0.39 is 5.54 Å². The average Bonchev–Trinajstić information content (AvgIpc) is 2.73. The molecule has 2 rings (SSSR count). The molecule has 0 saturated carbocycles. The first-order chi connectivity index (χ1) is 10.7. The lowest BCUT2D eigenvalue weighted by molar-refractivity contribution is -0.126. The van der Waals surface area contributed by atoms with Gasteiger partial charge in [-0.25, -0.2) is 0 Å². The summed E-state index contributed by atoms with van der Waals surface area (Å²) in [6, 6.07) is 7.49. The number of benzene rings is 1. The first-order valence-corrected chi connectivity index (χ1v) is 8.35. The molecule has 0 aliphatic rings. The molecular formula is C17H24BrClN4O. The summed E-state index contributed by atoms with van der Waals surface area (Å²) in [5.41, 5.74) is 9.26. The SMILES string of the molecule is Cc1nn(C)c(C)c1CCNC(=O)C(C)(N)c1ccc(Br)cc1.Cl. The van der Waals surface area contributed by atoms with E-state index in [0.717, 1.165) is 27.8 Å². The van der Waals surface area contributed by atoms with Crippen LogP contribution >= 0.6 is 28.3 Å². The van der Waals surface area contributed by atoms with Gasteiger partial charge in [-0.3, -0.25) is 9.48 Å². The van der Waals surface area contributed by atoms with Crippen molar-refractivity contribution in [1.82, 2.24) is 15.1 Å². The maximum atomic E-state index is 12.4. The number of nitrogens with two attached hydrogens (primary N) is 1. The molecule has 0 bridgehead atoms. The van der Waals surface area contributed by atoms with E-state index in [4.69, 9.17) is 5.73 Å². The lowest BCUT2D eigenvalue weighted by Crippen LogP contribution is -2.49. The van der Waals surface area contributed by atoms with E-state index in [2.05, 4.69) is 26.3 Å². The molecule has 7 heteroatoms. The molecule has 24 heavy (non-hydrogen) atoms. The summed E-state index contributed by atoms with van der Waals surface area (Å²) in [4.78, 5) is 12.4. The van der Waals surface area contributed by atoms with Crippen LogP contribution in [0.3, 0.4) is 0 Å². The number of carbonyl (C=O) groups excluding carboxylic acids is 1. The lowest BCUT2D eigenvalue weighted by Gasteiger charge is -2.24. The first kappa shape index (κ1) is 20.7. The molecular weight excluding hydrogens is 392 g/mol. The largest absolute Gasteiger partial charge is 0.354 e. The maximum Gasteiger partial charge on any atom is 0.244 e. The van der Waals surface area contributed by atoms with Gasteiger partial charge in [0.1, 0.15) is 5.54 Å². The van der Waals surface area contributed by atoms with Crippen molar-refractivity contribution >= 4 is 34.2 Å². The number of rotatable bonds is 5. The smallest absolute Gasteiger partial charge is 0.244 e. The van der Waals surface area contributed by atoms with Crippen LogP contribution in [0.1, 0.15) is 29.4 Å². The summed E-state index contributed by atoms with van der Waals surface area (Å²) in [5, 5.41) is 7.32. The second kappa shape index (κ2) is 8.14. The van der Waals surface area contributed by atoms with E-state index in [0.29, 0.717) is 6.54 Å². The number of aryl methyl sites for hydroxylation is 2. The number of nitrogens with one attached hydrogen (secondary N) is 1. The molecule has 1 atom stereocenters. The molecule has 1 aromatic carbocycles. The van der Waals surface area contributed by atoms with Crippen LogP contribution in [0.4, 0.5) is 0 Å². The molecule has 1 aromatic heterocycles. The number of nitrogens with zero attached hydrogens (tertiary/aromatic N) is 2. The van der Waals surface area contributed by atoms with E-state index >= 15 is 0 Å². The van der Waals surface area contributed by atoms with Crippen LogP contribution in [-0.2, 0) is 23.8 Å². The fourth-order valence-electron chi connectivity index (χ4n) is 2.59. The van der Waals surface area contributed by atoms with Gasteiger partial charge in [0.25, 0.3) is 0 Å². The monoisotopic (exact) mass is 414 g/mol. The number of carbonyl (C=O) groups is 1. The summed E-state index contributed by atoms with van der Waals surface area (Å²) in [6.45, 7) is 6.28. The van der Waals surface area contributed by atoms with Gasteiger partial charge in [0, 0.05) is 23.8 Å². The Labute approximate surface area is 157 Å². The highest BCUT2D eigenvalue weighted by molar-refractivity contribution is 9.10. The van der Waals surface area contributed by atoms with Gasteiger partial charge < -0.3 is 11.1 Å². The van der Waals surface area contributed by atoms with Gasteiger partial charge in [0.15, 0.2) is 0 Å². The van der Waals surface area contributed by atoms with Crippen LogP contribution in [0.2, 0.25) is 0 Å². The molecule has 0 saturated heterocycles. The standard InChI is InChI=1S/C17H23BrN4O.ClH/c1-11-15(12(2)22(4)21-11)9-10-20-16(23)17(3,19)13-5-7-14(18)8-6-13;/h5-8H,9-10,19H2,1-4H3,(H,20,23);1H. The predicted molar refractivity (Wildman–Crippen MR) is 102 cm³/mol. The third-order valence-corrected chi connectivity index (χ3v) is 4.76. The van der Waals surface area contributed by atoms with Crippen LogP contribution in [0.25, 0.3) is 0 Å². The fraction of sp³-hybridized carbons (Fsp3) is 0.412. The Kier molecular flexibility index (Phi) is 7.01. The van der Waals surface area contributed by atoms with E-state index in [1.807, 2.05) is 49.8 Å². The Morgan fingerprint density at radius 3 is 2.42 bits per heavy atom. The van der Waals surface area contributed by atoms with Crippen molar-refractivity contribution in [2.45, 2.75) is 32.7 Å². The normalized spacial score (nSPS) is 13.1. The van der Waals surface area contributed by atoms with Gasteiger partial charge in [0.05, 0.1) is 5.69 Å². The first-order valence-electron chi connectivity index (χ1n) is 7.55. The lowest BCUT2D eigenvalue weighted by atomic mass is 9.92. The van der Waals surface area contributed by atoms with Crippen molar-refractivity contribution in [2.75, 3.05) is 6.54 Å². The molecule has 1 heterocycles. The van der Waals surface area contributed by atoms with Crippen LogP contribution in [0.15, 0.2) is 28.7 Å². The number of amides is 1. The molecule has 2 aromatic rings. The second-order valence-electron chi connectivity index (χ2n) is 5.99. The van der Waals surface area contributed by atoms with Gasteiger partial charge in [-0.2, -0.15) is 5.10 Å². The highest BCUT2D eigenvalue weighted by Crippen LogP contribution is 2.20. The average molecular weight is 416 g/mol. The molecule has 0 aliphatic heterocycles. The molecule has 3 N–H and O–H groups in total. The molecule has 1 amide bonds. The second-order valence-corrected chi connectivity index (χ2v) is 6.90. The van der Waals surface area contributed by atoms with Crippen molar-refractivity contribution in [3.8, 4) is 0 Å². The Balaban J connectivity index is 0.00000288. The molecule has 0 aliphatic carbocycles.